The van der Waals surface area contributed by atoms with Crippen LogP contribution in [-0.2, 0) is 25.6 Å². The smallest absolute Gasteiger partial charge is 0.326 e. The highest BCUT2D eigenvalue weighted by molar-refractivity contribution is 5.94. The first kappa shape index (κ1) is 29.1. The summed E-state index contributed by atoms with van der Waals surface area (Å²) in [5.41, 5.74) is 0.722. The van der Waals surface area contributed by atoms with Gasteiger partial charge in [-0.25, -0.2) is 4.79 Å². The molecule has 0 spiro atoms. The fourth-order valence-electron chi connectivity index (χ4n) is 4.17. The van der Waals surface area contributed by atoms with E-state index in [-0.39, 0.29) is 42.4 Å². The van der Waals surface area contributed by atoms with Crippen molar-refractivity contribution in [3.8, 4) is 5.75 Å². The molecule has 0 aliphatic carbocycles. The molecule has 1 heterocycles. The van der Waals surface area contributed by atoms with Crippen LogP contribution in [0.15, 0.2) is 24.3 Å². The number of carbonyl (C=O) groups is 4. The van der Waals surface area contributed by atoms with E-state index < -0.39 is 35.9 Å². The van der Waals surface area contributed by atoms with Gasteiger partial charge in [0.2, 0.25) is 17.7 Å². The van der Waals surface area contributed by atoms with Crippen molar-refractivity contribution in [3.63, 3.8) is 0 Å². The molecule has 200 valence electrons. The van der Waals surface area contributed by atoms with Crippen LogP contribution in [0, 0.1) is 11.8 Å². The van der Waals surface area contributed by atoms with Gasteiger partial charge in [0.1, 0.15) is 23.9 Å². The second kappa shape index (κ2) is 13.8. The number of hydrogen-bond donors (Lipinski definition) is 6. The van der Waals surface area contributed by atoms with Gasteiger partial charge in [-0.2, -0.15) is 0 Å². The lowest BCUT2D eigenvalue weighted by molar-refractivity contribution is -0.143. The van der Waals surface area contributed by atoms with E-state index in [0.717, 1.165) is 18.5 Å². The Hall–Kier alpha value is -3.14. The number of aromatic hydroxyl groups is 1. The Balaban J connectivity index is 2.21. The van der Waals surface area contributed by atoms with Gasteiger partial charge in [-0.1, -0.05) is 46.2 Å². The number of carboxylic acids is 1. The molecule has 5 atom stereocenters. The number of carbonyl (C=O) groups excluding carboxylic acids is 3. The summed E-state index contributed by atoms with van der Waals surface area (Å²) in [7, 11) is 0. The first-order chi connectivity index (χ1) is 17.0. The number of benzene rings is 1. The van der Waals surface area contributed by atoms with Gasteiger partial charge in [0, 0.05) is 6.42 Å². The van der Waals surface area contributed by atoms with Gasteiger partial charge in [-0.05, 0) is 55.3 Å². The molecule has 0 radical (unpaired) electrons. The van der Waals surface area contributed by atoms with E-state index in [1.54, 1.807) is 19.1 Å². The third-order valence-electron chi connectivity index (χ3n) is 6.50. The summed E-state index contributed by atoms with van der Waals surface area (Å²) in [6.45, 7) is 8.14. The molecule has 3 amide bonds. The normalized spacial score (nSPS) is 18.6. The SMILES string of the molecule is CC[C@H](C)[C@H](NC(=O)[C@H](Cc1ccc(O)cc1)NC(=O)[C@@H]1CCCN1)C(=O)N[C@@H](CC(C)C)C(=O)O. The molecule has 1 aliphatic heterocycles. The third-order valence-corrected chi connectivity index (χ3v) is 6.50. The van der Waals surface area contributed by atoms with Gasteiger partial charge in [-0.3, -0.25) is 14.4 Å². The second-order valence-electron chi connectivity index (χ2n) is 9.98. The highest BCUT2D eigenvalue weighted by atomic mass is 16.4. The quantitative estimate of drug-likeness (QED) is 0.236. The predicted octanol–water partition coefficient (Wildman–Crippen LogP) is 1.32. The van der Waals surface area contributed by atoms with Crippen molar-refractivity contribution >= 4 is 23.7 Å². The maximum atomic E-state index is 13.4. The van der Waals surface area contributed by atoms with Crippen LogP contribution in [0.1, 0.15) is 58.9 Å². The molecule has 0 saturated carbocycles. The maximum absolute atomic E-state index is 13.4. The van der Waals surface area contributed by atoms with Crippen LogP contribution in [0.4, 0.5) is 0 Å². The van der Waals surface area contributed by atoms with Crippen molar-refractivity contribution in [2.24, 2.45) is 11.8 Å². The van der Waals surface area contributed by atoms with E-state index in [1.807, 2.05) is 20.8 Å². The Morgan fingerprint density at radius 3 is 2.19 bits per heavy atom. The molecule has 36 heavy (non-hydrogen) atoms. The number of phenolic OH excluding ortho intramolecular Hbond substituents is 1. The van der Waals surface area contributed by atoms with Crippen LogP contribution >= 0.6 is 0 Å². The zero-order valence-corrected chi connectivity index (χ0v) is 21.5. The van der Waals surface area contributed by atoms with Crippen LogP contribution in [-0.4, -0.2) is 64.6 Å². The predicted molar refractivity (Wildman–Crippen MR) is 135 cm³/mol. The average molecular weight is 505 g/mol. The molecule has 0 aromatic heterocycles. The van der Waals surface area contributed by atoms with Crippen molar-refractivity contribution in [1.29, 1.82) is 0 Å². The molecule has 1 aromatic carbocycles. The first-order valence-electron chi connectivity index (χ1n) is 12.7. The van der Waals surface area contributed by atoms with Crippen LogP contribution < -0.4 is 21.3 Å². The Kier molecular flexibility index (Phi) is 11.2. The van der Waals surface area contributed by atoms with Gasteiger partial charge >= 0.3 is 5.97 Å². The fraction of sp³-hybridized carbons (Fsp3) is 0.615. The minimum absolute atomic E-state index is 0.0529. The Bertz CT molecular complexity index is 898. The van der Waals surface area contributed by atoms with E-state index in [9.17, 15) is 29.4 Å². The van der Waals surface area contributed by atoms with Crippen molar-refractivity contribution in [2.75, 3.05) is 6.54 Å². The number of phenols is 1. The fourth-order valence-corrected chi connectivity index (χ4v) is 4.17. The Labute approximate surface area is 212 Å². The molecule has 0 unspecified atom stereocenters. The summed E-state index contributed by atoms with van der Waals surface area (Å²) in [4.78, 5) is 51.0. The maximum Gasteiger partial charge on any atom is 0.326 e. The number of carboxylic acid groups (broad SMARTS) is 1. The summed E-state index contributed by atoms with van der Waals surface area (Å²) < 4.78 is 0. The molecular weight excluding hydrogens is 464 g/mol. The van der Waals surface area contributed by atoms with Gasteiger partial charge in [0.25, 0.3) is 0 Å². The van der Waals surface area contributed by atoms with Crippen LogP contribution in [0.5, 0.6) is 5.75 Å². The lowest BCUT2D eigenvalue weighted by atomic mass is 9.96. The van der Waals surface area contributed by atoms with Crippen molar-refractivity contribution < 1.29 is 29.4 Å². The summed E-state index contributed by atoms with van der Waals surface area (Å²) in [6, 6.07) is 2.94. The van der Waals surface area contributed by atoms with E-state index in [4.69, 9.17) is 0 Å². The molecule has 6 N–H and O–H groups in total. The summed E-state index contributed by atoms with van der Waals surface area (Å²) >= 11 is 0. The van der Waals surface area contributed by atoms with Gasteiger partial charge in [0.05, 0.1) is 6.04 Å². The molecule has 1 saturated heterocycles. The molecule has 10 heteroatoms. The molecule has 1 fully saturated rings. The van der Waals surface area contributed by atoms with Crippen LogP contribution in [0.3, 0.4) is 0 Å². The molecule has 10 nitrogen and oxygen atoms in total. The molecule has 0 bridgehead atoms. The van der Waals surface area contributed by atoms with Crippen LogP contribution in [0.2, 0.25) is 0 Å². The monoisotopic (exact) mass is 504 g/mol. The standard InChI is InChI=1S/C26H40N4O6/c1-5-16(4)22(25(34)29-21(26(35)36)13-15(2)3)30-24(33)20(14-17-8-10-18(31)11-9-17)28-23(32)19-7-6-12-27-19/h8-11,15-16,19-22,27,31H,5-7,12-14H2,1-4H3,(H,28,32)(H,29,34)(H,30,33)(H,35,36)/t16-,19-,20-,21-,22-/m0/s1. The highest BCUT2D eigenvalue weighted by Crippen LogP contribution is 2.14. The van der Waals surface area contributed by atoms with Crippen molar-refractivity contribution in [2.45, 2.75) is 84.0 Å². The minimum Gasteiger partial charge on any atom is -0.508 e. The Morgan fingerprint density at radius 1 is 1.00 bits per heavy atom. The second-order valence-corrected chi connectivity index (χ2v) is 9.98. The number of hydrogen-bond acceptors (Lipinski definition) is 6. The van der Waals surface area contributed by atoms with Crippen molar-refractivity contribution in [1.82, 2.24) is 21.3 Å². The molecule has 1 aromatic rings. The lowest BCUT2D eigenvalue weighted by Gasteiger charge is -2.28. The average Bonchev–Trinajstić information content (AvgIpc) is 3.37. The number of aliphatic carboxylic acids is 1. The van der Waals surface area contributed by atoms with Gasteiger partial charge in [-0.15, -0.1) is 0 Å². The molecule has 2 rings (SSSR count). The molecular formula is C26H40N4O6. The number of amides is 3. The molecule has 1 aliphatic rings. The van der Waals surface area contributed by atoms with E-state index in [1.165, 1.54) is 12.1 Å². The summed E-state index contributed by atoms with van der Waals surface area (Å²) in [5, 5.41) is 30.4. The van der Waals surface area contributed by atoms with Crippen LogP contribution in [0.25, 0.3) is 0 Å². The highest BCUT2D eigenvalue weighted by Gasteiger charge is 2.33. The largest absolute Gasteiger partial charge is 0.508 e. The Morgan fingerprint density at radius 2 is 1.67 bits per heavy atom. The number of rotatable bonds is 13. The van der Waals surface area contributed by atoms with E-state index >= 15 is 0 Å². The number of nitrogens with one attached hydrogen (secondary N) is 4. The third kappa shape index (κ3) is 8.82. The minimum atomic E-state index is -1.13. The van der Waals surface area contributed by atoms with Gasteiger partial charge in [0.15, 0.2) is 0 Å². The van der Waals surface area contributed by atoms with E-state index in [2.05, 4.69) is 21.3 Å². The zero-order valence-electron chi connectivity index (χ0n) is 21.5. The van der Waals surface area contributed by atoms with Gasteiger partial charge < -0.3 is 31.5 Å². The lowest BCUT2D eigenvalue weighted by Crippen LogP contribution is -2.59. The summed E-state index contributed by atoms with van der Waals surface area (Å²) in [6.07, 6.45) is 2.52. The van der Waals surface area contributed by atoms with Crippen molar-refractivity contribution in [3.05, 3.63) is 29.8 Å². The van der Waals surface area contributed by atoms with E-state index in [0.29, 0.717) is 12.8 Å². The topological polar surface area (TPSA) is 157 Å². The zero-order chi connectivity index (χ0) is 26.8. The summed E-state index contributed by atoms with van der Waals surface area (Å²) in [5.74, 6) is -2.67. The first-order valence-corrected chi connectivity index (χ1v) is 12.7.